The van der Waals surface area contributed by atoms with Gasteiger partial charge in [-0.2, -0.15) is 0 Å². The first-order chi connectivity index (χ1) is 10.1. The van der Waals surface area contributed by atoms with Gasteiger partial charge in [-0.15, -0.1) is 0 Å². The molecule has 1 saturated heterocycles. The maximum absolute atomic E-state index is 12.6. The molecule has 1 heterocycles. The van der Waals surface area contributed by atoms with Crippen LogP contribution in [-0.2, 0) is 19.1 Å². The molecule has 116 valence electrons. The Balaban J connectivity index is 1.61. The second-order valence-electron chi connectivity index (χ2n) is 6.18. The monoisotopic (exact) mass is 294 g/mol. The molecule has 1 atom stereocenters. The minimum atomic E-state index is -0.360. The zero-order chi connectivity index (χ0) is 15.0. The predicted molar refractivity (Wildman–Crippen MR) is 74.2 cm³/mol. The van der Waals surface area contributed by atoms with Crippen LogP contribution in [0.4, 0.5) is 0 Å². The quantitative estimate of drug-likeness (QED) is 0.671. The summed E-state index contributed by atoms with van der Waals surface area (Å²) in [6.45, 7) is 2.62. The maximum Gasteiger partial charge on any atom is 0.325 e. The van der Waals surface area contributed by atoms with Crippen molar-refractivity contribution in [2.24, 2.45) is 5.92 Å². The molecule has 0 spiro atoms. The highest BCUT2D eigenvalue weighted by atomic mass is 16.5. The van der Waals surface area contributed by atoms with Gasteiger partial charge in [-0.3, -0.25) is 14.4 Å². The summed E-state index contributed by atoms with van der Waals surface area (Å²) in [7, 11) is 0. The molecule has 6 nitrogen and oxygen atoms in total. The van der Waals surface area contributed by atoms with Gasteiger partial charge < -0.3 is 14.5 Å². The molecule has 0 bridgehead atoms. The Bertz CT molecular complexity index is 457. The number of rotatable bonds is 6. The zero-order valence-electron chi connectivity index (χ0n) is 12.4. The molecule has 2 amide bonds. The minimum Gasteiger partial charge on any atom is -0.465 e. The molecule has 0 N–H and O–H groups in total. The van der Waals surface area contributed by atoms with E-state index in [2.05, 4.69) is 0 Å². The van der Waals surface area contributed by atoms with Gasteiger partial charge in [0.2, 0.25) is 11.8 Å². The molecule has 0 radical (unpaired) electrons. The standard InChI is InChI=1S/C15H22N2O4/c1-2-21-14(19)9-17(12-5-6-12)15(20)10-7-13(18)16(8-10)11-3-4-11/h10-12H,2-9H2,1H3. The Morgan fingerprint density at radius 1 is 1.29 bits per heavy atom. The first-order valence-corrected chi connectivity index (χ1v) is 7.85. The third-order valence-corrected chi connectivity index (χ3v) is 4.37. The van der Waals surface area contributed by atoms with Crippen LogP contribution in [0.2, 0.25) is 0 Å². The summed E-state index contributed by atoms with van der Waals surface area (Å²) in [5.41, 5.74) is 0. The lowest BCUT2D eigenvalue weighted by atomic mass is 10.1. The molecule has 0 aromatic heterocycles. The smallest absolute Gasteiger partial charge is 0.325 e. The second kappa shape index (κ2) is 5.66. The largest absolute Gasteiger partial charge is 0.465 e. The van der Waals surface area contributed by atoms with Gasteiger partial charge in [-0.25, -0.2) is 0 Å². The molecule has 2 aliphatic carbocycles. The van der Waals surface area contributed by atoms with E-state index in [9.17, 15) is 14.4 Å². The van der Waals surface area contributed by atoms with E-state index < -0.39 is 0 Å². The summed E-state index contributed by atoms with van der Waals surface area (Å²) in [6, 6.07) is 0.515. The third-order valence-electron chi connectivity index (χ3n) is 4.37. The zero-order valence-corrected chi connectivity index (χ0v) is 12.4. The van der Waals surface area contributed by atoms with Crippen molar-refractivity contribution in [2.45, 2.75) is 51.1 Å². The van der Waals surface area contributed by atoms with Gasteiger partial charge in [0.25, 0.3) is 0 Å². The summed E-state index contributed by atoms with van der Waals surface area (Å²) in [5, 5.41) is 0. The van der Waals surface area contributed by atoms with Crippen molar-refractivity contribution >= 4 is 17.8 Å². The van der Waals surface area contributed by atoms with Crippen LogP contribution in [0, 0.1) is 5.92 Å². The molecule has 1 aliphatic heterocycles. The van der Waals surface area contributed by atoms with E-state index in [1.807, 2.05) is 4.90 Å². The number of hydrogen-bond donors (Lipinski definition) is 0. The summed E-state index contributed by atoms with van der Waals surface area (Å²) in [6.07, 6.45) is 4.29. The van der Waals surface area contributed by atoms with E-state index in [-0.39, 0.29) is 36.3 Å². The highest BCUT2D eigenvalue weighted by Gasteiger charge is 2.45. The van der Waals surface area contributed by atoms with Crippen molar-refractivity contribution in [1.29, 1.82) is 0 Å². The van der Waals surface area contributed by atoms with Crippen LogP contribution in [0.5, 0.6) is 0 Å². The first kappa shape index (κ1) is 14.4. The Morgan fingerprint density at radius 2 is 2.00 bits per heavy atom. The number of nitrogens with zero attached hydrogens (tertiary/aromatic N) is 2. The predicted octanol–water partition coefficient (Wildman–Crippen LogP) is 0.551. The molecular weight excluding hydrogens is 272 g/mol. The Morgan fingerprint density at radius 3 is 2.57 bits per heavy atom. The molecule has 6 heteroatoms. The third kappa shape index (κ3) is 3.19. The Labute approximate surface area is 124 Å². The average Bonchev–Trinajstić information content (AvgIpc) is 3.34. The van der Waals surface area contributed by atoms with Crippen molar-refractivity contribution in [3.05, 3.63) is 0 Å². The fraction of sp³-hybridized carbons (Fsp3) is 0.800. The van der Waals surface area contributed by atoms with E-state index in [1.165, 1.54) is 0 Å². The number of ether oxygens (including phenoxy) is 1. The summed E-state index contributed by atoms with van der Waals surface area (Å²) in [5.74, 6) is -0.612. The highest BCUT2D eigenvalue weighted by Crippen LogP contribution is 2.35. The van der Waals surface area contributed by atoms with Crippen LogP contribution in [0.15, 0.2) is 0 Å². The molecule has 2 saturated carbocycles. The van der Waals surface area contributed by atoms with Crippen LogP contribution in [0.1, 0.15) is 39.0 Å². The molecular formula is C15H22N2O4. The van der Waals surface area contributed by atoms with Crippen molar-refractivity contribution in [2.75, 3.05) is 19.7 Å². The highest BCUT2D eigenvalue weighted by molar-refractivity contribution is 5.91. The van der Waals surface area contributed by atoms with Crippen molar-refractivity contribution in [1.82, 2.24) is 9.80 Å². The average molecular weight is 294 g/mol. The van der Waals surface area contributed by atoms with Crippen LogP contribution >= 0.6 is 0 Å². The minimum absolute atomic E-state index is 0.0193. The van der Waals surface area contributed by atoms with Gasteiger partial charge >= 0.3 is 5.97 Å². The lowest BCUT2D eigenvalue weighted by molar-refractivity contribution is -0.150. The van der Waals surface area contributed by atoms with Crippen LogP contribution in [-0.4, -0.2) is 59.4 Å². The summed E-state index contributed by atoms with van der Waals surface area (Å²) < 4.78 is 4.94. The summed E-state index contributed by atoms with van der Waals surface area (Å²) >= 11 is 0. The normalized spacial score (nSPS) is 25.1. The first-order valence-electron chi connectivity index (χ1n) is 7.85. The molecule has 3 aliphatic rings. The van der Waals surface area contributed by atoms with Crippen LogP contribution < -0.4 is 0 Å². The Kier molecular flexibility index (Phi) is 3.87. The van der Waals surface area contributed by atoms with Gasteiger partial charge in [0.05, 0.1) is 12.5 Å². The van der Waals surface area contributed by atoms with Gasteiger partial charge in [0.15, 0.2) is 0 Å². The van der Waals surface area contributed by atoms with Crippen LogP contribution in [0.25, 0.3) is 0 Å². The number of carbonyl (C=O) groups is 3. The van der Waals surface area contributed by atoms with E-state index in [4.69, 9.17) is 4.74 Å². The molecule has 1 unspecified atom stereocenters. The number of amides is 2. The number of likely N-dealkylation sites (tertiary alicyclic amines) is 1. The van der Waals surface area contributed by atoms with Gasteiger partial charge in [-0.05, 0) is 32.6 Å². The molecule has 0 aromatic rings. The van der Waals surface area contributed by atoms with Crippen molar-refractivity contribution < 1.29 is 19.1 Å². The lowest BCUT2D eigenvalue weighted by Gasteiger charge is -2.24. The molecule has 3 rings (SSSR count). The van der Waals surface area contributed by atoms with Gasteiger partial charge in [0, 0.05) is 25.0 Å². The topological polar surface area (TPSA) is 66.9 Å². The van der Waals surface area contributed by atoms with Crippen molar-refractivity contribution in [3.8, 4) is 0 Å². The van der Waals surface area contributed by atoms with Crippen LogP contribution in [0.3, 0.4) is 0 Å². The second-order valence-corrected chi connectivity index (χ2v) is 6.18. The number of carbonyl (C=O) groups excluding carboxylic acids is 3. The molecule has 21 heavy (non-hydrogen) atoms. The van der Waals surface area contributed by atoms with E-state index >= 15 is 0 Å². The van der Waals surface area contributed by atoms with E-state index in [1.54, 1.807) is 11.8 Å². The number of esters is 1. The molecule has 0 aromatic carbocycles. The van der Waals surface area contributed by atoms with Gasteiger partial charge in [-0.1, -0.05) is 0 Å². The lowest BCUT2D eigenvalue weighted by Crippen LogP contribution is -2.42. The maximum atomic E-state index is 12.6. The molecule has 3 fully saturated rings. The van der Waals surface area contributed by atoms with E-state index in [0.717, 1.165) is 25.7 Å². The fourth-order valence-corrected chi connectivity index (χ4v) is 2.99. The Hall–Kier alpha value is -1.59. The SMILES string of the molecule is CCOC(=O)CN(C(=O)C1CC(=O)N(C2CC2)C1)C1CC1. The number of hydrogen-bond acceptors (Lipinski definition) is 4. The summed E-state index contributed by atoms with van der Waals surface area (Å²) in [4.78, 5) is 39.7. The fourth-order valence-electron chi connectivity index (χ4n) is 2.99. The van der Waals surface area contributed by atoms with E-state index in [0.29, 0.717) is 25.6 Å². The van der Waals surface area contributed by atoms with Crippen molar-refractivity contribution in [3.63, 3.8) is 0 Å². The van der Waals surface area contributed by atoms with Gasteiger partial charge in [0.1, 0.15) is 6.54 Å².